The molecule has 0 radical (unpaired) electrons. The van der Waals surface area contributed by atoms with Crippen molar-refractivity contribution >= 4 is 28.8 Å². The maximum Gasteiger partial charge on any atom is 0.323 e. The number of likely N-dealkylation sites (N-methyl/N-ethyl adjacent to an activating group) is 1. The molecular formula is C25H23F2N7O4. The fourth-order valence-corrected chi connectivity index (χ4v) is 3.91. The summed E-state index contributed by atoms with van der Waals surface area (Å²) in [6.07, 6.45) is 2.67. The summed E-state index contributed by atoms with van der Waals surface area (Å²) in [6.45, 7) is -0.217. The maximum absolute atomic E-state index is 14.7. The van der Waals surface area contributed by atoms with Crippen LogP contribution in [0.5, 0.6) is 0 Å². The average molecular weight is 524 g/mol. The van der Waals surface area contributed by atoms with Gasteiger partial charge in [-0.25, -0.2) is 23.2 Å². The standard InChI is InChI=1S/C25H23F2N7O4/c1-32(13-25(36,14-33-16-28-15-29-33)22-11-2-17(26)12-23(22)27)20-7-3-18(4-8-20)30-24(35)31-19-5-9-21(10-6-19)34(37)38/h2-12,15-16,36H,13-14H2,1H3,(H2,30,31,35). The molecule has 3 N–H and O–H groups in total. The minimum atomic E-state index is -1.79. The number of nitro groups is 1. The first kappa shape index (κ1) is 26.2. The van der Waals surface area contributed by atoms with Gasteiger partial charge in [0.15, 0.2) is 0 Å². The van der Waals surface area contributed by atoms with Crippen LogP contribution in [0, 0.1) is 21.7 Å². The fourth-order valence-electron chi connectivity index (χ4n) is 3.91. The average Bonchev–Trinajstić information content (AvgIpc) is 3.37. The van der Waals surface area contributed by atoms with E-state index in [1.807, 2.05) is 0 Å². The molecule has 1 aromatic heterocycles. The Bertz CT molecular complexity index is 1420. The first-order valence-corrected chi connectivity index (χ1v) is 11.3. The molecule has 0 aliphatic heterocycles. The van der Waals surface area contributed by atoms with Gasteiger partial charge >= 0.3 is 6.03 Å². The number of nitrogens with zero attached hydrogens (tertiary/aromatic N) is 5. The number of non-ortho nitro benzene ring substituents is 1. The van der Waals surface area contributed by atoms with Gasteiger partial charge in [0.2, 0.25) is 0 Å². The van der Waals surface area contributed by atoms with E-state index in [1.54, 1.807) is 36.2 Å². The second-order valence-corrected chi connectivity index (χ2v) is 8.53. The maximum atomic E-state index is 14.7. The topological polar surface area (TPSA) is 138 Å². The van der Waals surface area contributed by atoms with Gasteiger partial charge in [0.1, 0.15) is 29.9 Å². The predicted molar refractivity (Wildman–Crippen MR) is 136 cm³/mol. The lowest BCUT2D eigenvalue weighted by Crippen LogP contribution is -2.43. The molecule has 1 atom stereocenters. The van der Waals surface area contributed by atoms with Crippen LogP contribution in [0.2, 0.25) is 0 Å². The molecule has 0 saturated carbocycles. The van der Waals surface area contributed by atoms with E-state index >= 15 is 0 Å². The second kappa shape index (κ2) is 11.0. The first-order chi connectivity index (χ1) is 18.1. The van der Waals surface area contributed by atoms with E-state index in [9.17, 15) is 28.8 Å². The van der Waals surface area contributed by atoms with E-state index in [4.69, 9.17) is 0 Å². The van der Waals surface area contributed by atoms with Gasteiger partial charge in [-0.1, -0.05) is 6.07 Å². The molecule has 3 aromatic carbocycles. The van der Waals surface area contributed by atoms with Crippen molar-refractivity contribution in [2.45, 2.75) is 12.1 Å². The van der Waals surface area contributed by atoms with Gasteiger partial charge in [-0.15, -0.1) is 0 Å². The van der Waals surface area contributed by atoms with Gasteiger partial charge in [-0.2, -0.15) is 5.10 Å². The third-order valence-corrected chi connectivity index (χ3v) is 5.72. The van der Waals surface area contributed by atoms with Crippen LogP contribution in [0.15, 0.2) is 79.4 Å². The number of rotatable bonds is 9. The van der Waals surface area contributed by atoms with Gasteiger partial charge in [-0.3, -0.25) is 10.1 Å². The minimum Gasteiger partial charge on any atom is -0.381 e. The third kappa shape index (κ3) is 6.25. The molecule has 1 heterocycles. The smallest absolute Gasteiger partial charge is 0.323 e. The number of urea groups is 1. The summed E-state index contributed by atoms with van der Waals surface area (Å²) in [5.41, 5.74) is -0.491. The van der Waals surface area contributed by atoms with Crippen LogP contribution in [0.25, 0.3) is 0 Å². The number of anilines is 3. The molecule has 4 aromatic rings. The number of hydrogen-bond donors (Lipinski definition) is 3. The minimum absolute atomic E-state index is 0.0805. The van der Waals surface area contributed by atoms with Gasteiger partial charge in [0.05, 0.1) is 18.0 Å². The summed E-state index contributed by atoms with van der Waals surface area (Å²) < 4.78 is 29.5. The van der Waals surface area contributed by atoms with E-state index < -0.39 is 28.2 Å². The molecule has 1 unspecified atom stereocenters. The number of halogens is 2. The van der Waals surface area contributed by atoms with Gasteiger partial charge in [0, 0.05) is 47.9 Å². The van der Waals surface area contributed by atoms with Crippen molar-refractivity contribution in [3.63, 3.8) is 0 Å². The van der Waals surface area contributed by atoms with Crippen LogP contribution in [-0.4, -0.2) is 44.4 Å². The molecule has 0 fully saturated rings. The van der Waals surface area contributed by atoms with Crippen molar-refractivity contribution in [3.8, 4) is 0 Å². The number of carbonyl (C=O) groups is 1. The van der Waals surface area contributed by atoms with E-state index in [1.165, 1.54) is 47.7 Å². The highest BCUT2D eigenvalue weighted by molar-refractivity contribution is 5.99. The van der Waals surface area contributed by atoms with Crippen LogP contribution in [0.4, 0.5) is 36.3 Å². The Balaban J connectivity index is 1.44. The number of hydrogen-bond acceptors (Lipinski definition) is 7. The second-order valence-electron chi connectivity index (χ2n) is 8.53. The molecule has 0 spiro atoms. The van der Waals surface area contributed by atoms with Crippen molar-refractivity contribution in [2.24, 2.45) is 0 Å². The summed E-state index contributed by atoms with van der Waals surface area (Å²) in [6, 6.07) is 14.5. The van der Waals surface area contributed by atoms with E-state index in [0.29, 0.717) is 23.1 Å². The van der Waals surface area contributed by atoms with Crippen LogP contribution in [0.1, 0.15) is 5.56 Å². The van der Waals surface area contributed by atoms with Crippen LogP contribution >= 0.6 is 0 Å². The Hall–Kier alpha value is -4.91. The van der Waals surface area contributed by atoms with Gasteiger partial charge in [-0.05, 0) is 42.5 Å². The van der Waals surface area contributed by atoms with Gasteiger partial charge < -0.3 is 20.6 Å². The molecule has 0 aliphatic carbocycles. The molecule has 196 valence electrons. The van der Waals surface area contributed by atoms with Crippen molar-refractivity contribution in [1.82, 2.24) is 14.8 Å². The van der Waals surface area contributed by atoms with Crippen molar-refractivity contribution in [3.05, 3.63) is 107 Å². The van der Waals surface area contributed by atoms with Crippen LogP contribution in [0.3, 0.4) is 0 Å². The normalized spacial score (nSPS) is 12.4. The molecule has 2 amide bonds. The summed E-state index contributed by atoms with van der Waals surface area (Å²) in [5, 5.41) is 31.5. The Morgan fingerprint density at radius 1 is 1.08 bits per heavy atom. The zero-order valence-electron chi connectivity index (χ0n) is 20.1. The van der Waals surface area contributed by atoms with Crippen LogP contribution < -0.4 is 15.5 Å². The molecular weight excluding hydrogens is 500 g/mol. The monoisotopic (exact) mass is 523 g/mol. The number of amides is 2. The Kier molecular flexibility index (Phi) is 7.58. The highest BCUT2D eigenvalue weighted by atomic mass is 19.1. The van der Waals surface area contributed by atoms with Crippen LogP contribution in [-0.2, 0) is 12.1 Å². The Morgan fingerprint density at radius 2 is 1.71 bits per heavy atom. The summed E-state index contributed by atoms with van der Waals surface area (Å²) >= 11 is 0. The molecule has 13 heteroatoms. The highest BCUT2D eigenvalue weighted by Crippen LogP contribution is 2.29. The molecule has 11 nitrogen and oxygen atoms in total. The number of aliphatic hydroxyl groups is 1. The summed E-state index contributed by atoms with van der Waals surface area (Å²) in [4.78, 5) is 28.0. The van der Waals surface area contributed by atoms with Crippen molar-refractivity contribution in [1.29, 1.82) is 0 Å². The zero-order valence-corrected chi connectivity index (χ0v) is 20.1. The Labute approximate surface area is 215 Å². The largest absolute Gasteiger partial charge is 0.381 e. The van der Waals surface area contributed by atoms with E-state index in [0.717, 1.165) is 6.07 Å². The number of nitro benzene ring substituents is 1. The molecule has 0 bridgehead atoms. The van der Waals surface area contributed by atoms with E-state index in [2.05, 4.69) is 20.7 Å². The number of benzene rings is 3. The van der Waals surface area contributed by atoms with Crippen molar-refractivity contribution in [2.75, 3.05) is 29.1 Å². The zero-order chi connectivity index (χ0) is 27.3. The SMILES string of the molecule is CN(CC(O)(Cn1cncn1)c1ccc(F)cc1F)c1ccc(NC(=O)Nc2ccc([N+](=O)[O-])cc2)cc1. The summed E-state index contributed by atoms with van der Waals surface area (Å²) in [7, 11) is 1.69. The molecule has 4 rings (SSSR count). The quantitative estimate of drug-likeness (QED) is 0.221. The lowest BCUT2D eigenvalue weighted by molar-refractivity contribution is -0.384. The number of aromatic nitrogens is 3. The fraction of sp³-hybridized carbons (Fsp3) is 0.160. The molecule has 38 heavy (non-hydrogen) atoms. The first-order valence-electron chi connectivity index (χ1n) is 11.3. The number of carbonyl (C=O) groups excluding carboxylic acids is 1. The van der Waals surface area contributed by atoms with Crippen molar-refractivity contribution < 1.29 is 23.6 Å². The number of nitrogens with one attached hydrogen (secondary N) is 2. The lowest BCUT2D eigenvalue weighted by atomic mass is 9.92. The predicted octanol–water partition coefficient (Wildman–Crippen LogP) is 4.13. The Morgan fingerprint density at radius 3 is 2.26 bits per heavy atom. The van der Waals surface area contributed by atoms with E-state index in [-0.39, 0.29) is 24.3 Å². The van der Waals surface area contributed by atoms with Gasteiger partial charge in [0.25, 0.3) is 5.69 Å². The summed E-state index contributed by atoms with van der Waals surface area (Å²) in [5.74, 6) is -1.65. The molecule has 0 saturated heterocycles. The third-order valence-electron chi connectivity index (χ3n) is 5.72. The lowest BCUT2D eigenvalue weighted by Gasteiger charge is -2.34. The molecule has 0 aliphatic rings. The highest BCUT2D eigenvalue weighted by Gasteiger charge is 2.35.